The van der Waals surface area contributed by atoms with Crippen LogP contribution in [0.1, 0.15) is 75.8 Å². The minimum atomic E-state index is -0.345. The molecule has 0 unspecified atom stereocenters. The number of esters is 1. The van der Waals surface area contributed by atoms with Gasteiger partial charge in [0.25, 0.3) is 0 Å². The predicted octanol–water partition coefficient (Wildman–Crippen LogP) is 8.52. The molecule has 1 fully saturated rings. The number of benzene rings is 3. The van der Waals surface area contributed by atoms with Crippen molar-refractivity contribution in [2.75, 3.05) is 19.8 Å². The fraction of sp³-hybridized carbons (Fsp3) is 0.417. The third kappa shape index (κ3) is 8.32. The zero-order valence-electron chi connectivity index (χ0n) is 24.2. The first kappa shape index (κ1) is 29.6. The smallest absolute Gasteiger partial charge is 0.333 e. The molecule has 0 atom stereocenters. The molecule has 0 radical (unpaired) electrons. The summed E-state index contributed by atoms with van der Waals surface area (Å²) >= 11 is 0. The number of unbranched alkanes of at least 4 members (excludes halogenated alkanes) is 1. The quantitative estimate of drug-likeness (QED) is 0.134. The molecule has 3 aromatic carbocycles. The lowest BCUT2D eigenvalue weighted by Crippen LogP contribution is -2.10. The monoisotopic (exact) mass is 540 g/mol. The lowest BCUT2D eigenvalue weighted by molar-refractivity contribution is -0.139. The second-order valence-corrected chi connectivity index (χ2v) is 11.3. The second-order valence-electron chi connectivity index (χ2n) is 11.3. The Kier molecular flexibility index (Phi) is 11.0. The maximum atomic E-state index is 11.6. The largest absolute Gasteiger partial charge is 0.493 e. The fourth-order valence-electron chi connectivity index (χ4n) is 5.41. The zero-order chi connectivity index (χ0) is 28.3. The summed E-state index contributed by atoms with van der Waals surface area (Å²) in [7, 11) is 0. The molecule has 0 amide bonds. The normalized spacial score (nSPS) is 16.9. The second kappa shape index (κ2) is 14.9. The van der Waals surface area contributed by atoms with E-state index in [0.29, 0.717) is 24.7 Å². The molecule has 0 aliphatic heterocycles. The van der Waals surface area contributed by atoms with E-state index in [1.54, 1.807) is 6.92 Å². The van der Waals surface area contributed by atoms with Gasteiger partial charge in [-0.2, -0.15) is 0 Å². The first-order chi connectivity index (χ1) is 19.4. The lowest BCUT2D eigenvalue weighted by atomic mass is 9.79. The highest BCUT2D eigenvalue weighted by Crippen LogP contribution is 2.38. The molecule has 4 rings (SSSR count). The summed E-state index contributed by atoms with van der Waals surface area (Å²) in [6, 6.07) is 24.1. The topological polar surface area (TPSA) is 55.8 Å². The van der Waals surface area contributed by atoms with Gasteiger partial charge in [0, 0.05) is 17.7 Å². The predicted molar refractivity (Wildman–Crippen MR) is 164 cm³/mol. The average Bonchev–Trinajstić information content (AvgIpc) is 2.98. The summed E-state index contributed by atoms with van der Waals surface area (Å²) in [5.74, 6) is 2.05. The van der Waals surface area contributed by atoms with Gasteiger partial charge in [0.05, 0.1) is 13.2 Å². The van der Waals surface area contributed by atoms with Crippen molar-refractivity contribution in [2.45, 2.75) is 71.1 Å². The van der Waals surface area contributed by atoms with Gasteiger partial charge in [-0.3, -0.25) is 0 Å². The van der Waals surface area contributed by atoms with Gasteiger partial charge < -0.3 is 14.6 Å². The van der Waals surface area contributed by atoms with Crippen molar-refractivity contribution in [3.63, 3.8) is 0 Å². The first-order valence-electron chi connectivity index (χ1n) is 14.8. The maximum absolute atomic E-state index is 11.6. The summed E-state index contributed by atoms with van der Waals surface area (Å²) in [5, 5.41) is 9.15. The molecule has 1 saturated carbocycles. The van der Waals surface area contributed by atoms with Crippen LogP contribution in [0.3, 0.4) is 0 Å². The Labute approximate surface area is 240 Å². The van der Waals surface area contributed by atoms with Gasteiger partial charge in [-0.1, -0.05) is 87.0 Å². The van der Waals surface area contributed by atoms with Crippen LogP contribution in [-0.4, -0.2) is 30.9 Å². The number of rotatable bonds is 13. The molecule has 1 aliphatic carbocycles. The van der Waals surface area contributed by atoms with Gasteiger partial charge in [-0.05, 0) is 91.2 Å². The Morgan fingerprint density at radius 2 is 1.50 bits per heavy atom. The molecule has 1 aliphatic rings. The van der Waals surface area contributed by atoms with E-state index in [-0.39, 0.29) is 12.6 Å². The highest BCUT2D eigenvalue weighted by atomic mass is 16.5. The number of hydrogen-bond acceptors (Lipinski definition) is 4. The van der Waals surface area contributed by atoms with Crippen molar-refractivity contribution in [1.82, 2.24) is 0 Å². The van der Waals surface area contributed by atoms with Crippen LogP contribution < -0.4 is 4.74 Å². The SMILES string of the molecule is C=C(C)C(=O)OCCCCOc1cc(-c2ccc(C3CCC(C)CC3)cc2)ccc1-c1ccc(CCCO)cc1. The Morgan fingerprint density at radius 1 is 0.850 bits per heavy atom. The van der Waals surface area contributed by atoms with Gasteiger partial charge in [-0.15, -0.1) is 0 Å². The van der Waals surface area contributed by atoms with Crippen molar-refractivity contribution in [1.29, 1.82) is 0 Å². The molecular formula is C36H44O4. The molecule has 40 heavy (non-hydrogen) atoms. The molecule has 4 heteroatoms. The molecule has 3 aromatic rings. The highest BCUT2D eigenvalue weighted by Gasteiger charge is 2.19. The van der Waals surface area contributed by atoms with Gasteiger partial charge >= 0.3 is 5.97 Å². The Hall–Kier alpha value is -3.37. The van der Waals surface area contributed by atoms with E-state index in [9.17, 15) is 4.79 Å². The van der Waals surface area contributed by atoms with Gasteiger partial charge in [0.15, 0.2) is 0 Å². The van der Waals surface area contributed by atoms with Gasteiger partial charge in [0.1, 0.15) is 5.75 Å². The molecule has 0 bridgehead atoms. The summed E-state index contributed by atoms with van der Waals surface area (Å²) in [6.45, 7) is 8.75. The van der Waals surface area contributed by atoms with E-state index < -0.39 is 0 Å². The molecule has 0 heterocycles. The zero-order valence-corrected chi connectivity index (χ0v) is 24.2. The van der Waals surface area contributed by atoms with Crippen LogP contribution in [0.15, 0.2) is 78.9 Å². The van der Waals surface area contributed by atoms with Gasteiger partial charge in [-0.25, -0.2) is 4.79 Å². The number of hydrogen-bond donors (Lipinski definition) is 1. The summed E-state index contributed by atoms with van der Waals surface area (Å²) in [6.07, 6.45) is 8.38. The third-order valence-corrected chi connectivity index (χ3v) is 7.98. The van der Waals surface area contributed by atoms with Crippen molar-refractivity contribution >= 4 is 5.97 Å². The molecule has 212 valence electrons. The number of carbonyl (C=O) groups excluding carboxylic acids is 1. The van der Waals surface area contributed by atoms with Crippen LogP contribution in [0.25, 0.3) is 22.3 Å². The molecule has 0 saturated heterocycles. The van der Waals surface area contributed by atoms with Crippen LogP contribution in [0.4, 0.5) is 0 Å². The molecule has 0 spiro atoms. The molecule has 0 aromatic heterocycles. The average molecular weight is 541 g/mol. The number of aryl methyl sites for hydroxylation is 1. The number of carbonyl (C=O) groups is 1. The number of aliphatic hydroxyl groups excluding tert-OH is 1. The summed E-state index contributed by atoms with van der Waals surface area (Å²) in [4.78, 5) is 11.6. The van der Waals surface area contributed by atoms with E-state index >= 15 is 0 Å². The Morgan fingerprint density at radius 3 is 2.17 bits per heavy atom. The first-order valence-corrected chi connectivity index (χ1v) is 14.8. The van der Waals surface area contributed by atoms with Crippen LogP contribution in [0.5, 0.6) is 5.75 Å². The molecule has 4 nitrogen and oxygen atoms in total. The van der Waals surface area contributed by atoms with Crippen LogP contribution in [0, 0.1) is 5.92 Å². The summed E-state index contributed by atoms with van der Waals surface area (Å²) in [5.41, 5.74) is 7.58. The standard InChI is InChI=1S/C36H44O4/c1-26(2)36(38)40-24-5-4-23-39-35-25-33(20-21-34(35)32-14-10-28(11-15-32)7-6-22-37)31-18-16-30(17-19-31)29-12-8-27(3)9-13-29/h10-11,14-21,25,27,29,37H,1,4-9,12-13,22-24H2,2-3H3. The number of ether oxygens (including phenoxy) is 2. The van der Waals surface area contributed by atoms with Crippen molar-refractivity contribution in [2.24, 2.45) is 5.92 Å². The Balaban J connectivity index is 1.48. The van der Waals surface area contributed by atoms with Crippen molar-refractivity contribution < 1.29 is 19.4 Å². The van der Waals surface area contributed by atoms with Crippen LogP contribution >= 0.6 is 0 Å². The third-order valence-electron chi connectivity index (χ3n) is 7.98. The minimum absolute atomic E-state index is 0.203. The van der Waals surface area contributed by atoms with E-state index in [4.69, 9.17) is 14.6 Å². The highest BCUT2D eigenvalue weighted by molar-refractivity contribution is 5.86. The van der Waals surface area contributed by atoms with E-state index in [1.165, 1.54) is 42.4 Å². The number of aliphatic hydroxyl groups is 1. The van der Waals surface area contributed by atoms with Gasteiger partial charge in [0.2, 0.25) is 0 Å². The van der Waals surface area contributed by atoms with Crippen molar-refractivity contribution in [3.05, 3.63) is 90.0 Å². The summed E-state index contributed by atoms with van der Waals surface area (Å²) < 4.78 is 11.6. The maximum Gasteiger partial charge on any atom is 0.333 e. The van der Waals surface area contributed by atoms with E-state index in [0.717, 1.165) is 54.0 Å². The Bertz CT molecular complexity index is 1230. The van der Waals surface area contributed by atoms with Crippen molar-refractivity contribution in [3.8, 4) is 28.0 Å². The molecule has 1 N–H and O–H groups in total. The fourth-order valence-corrected chi connectivity index (χ4v) is 5.41. The van der Waals surface area contributed by atoms with E-state index in [2.05, 4.69) is 80.2 Å². The minimum Gasteiger partial charge on any atom is -0.493 e. The van der Waals surface area contributed by atoms with Crippen LogP contribution in [0.2, 0.25) is 0 Å². The lowest BCUT2D eigenvalue weighted by Gasteiger charge is -2.26. The van der Waals surface area contributed by atoms with E-state index in [1.807, 2.05) is 0 Å². The van der Waals surface area contributed by atoms with Crippen LogP contribution in [-0.2, 0) is 16.0 Å². The molecular weight excluding hydrogens is 496 g/mol.